The van der Waals surface area contributed by atoms with Gasteiger partial charge in [0, 0.05) is 11.6 Å². The molecular weight excluding hydrogens is 280 g/mol. The maximum absolute atomic E-state index is 4.84. The molecule has 0 unspecified atom stereocenters. The van der Waals surface area contributed by atoms with Crippen LogP contribution in [-0.2, 0) is 0 Å². The van der Waals surface area contributed by atoms with Crippen LogP contribution in [0.15, 0.2) is 85.1 Å². The average molecular weight is 294 g/mol. The van der Waals surface area contributed by atoms with E-state index < -0.39 is 0 Å². The van der Waals surface area contributed by atoms with Gasteiger partial charge < -0.3 is 0 Å². The Labute approximate surface area is 133 Å². The van der Waals surface area contributed by atoms with Gasteiger partial charge in [0.05, 0.1) is 11.0 Å². The van der Waals surface area contributed by atoms with E-state index in [1.807, 2.05) is 6.07 Å². The van der Waals surface area contributed by atoms with Crippen molar-refractivity contribution in [1.29, 1.82) is 0 Å². The lowest BCUT2D eigenvalue weighted by Gasteiger charge is -2.03. The second-order valence-electron chi connectivity index (χ2n) is 5.78. The van der Waals surface area contributed by atoms with Crippen LogP contribution in [-0.4, -0.2) is 9.38 Å². The molecule has 0 bridgehead atoms. The van der Waals surface area contributed by atoms with E-state index in [4.69, 9.17) is 4.98 Å². The molecule has 2 nitrogen and oxygen atoms in total. The molecule has 2 aromatic heterocycles. The summed E-state index contributed by atoms with van der Waals surface area (Å²) in [6.45, 7) is 0. The smallest absolute Gasteiger partial charge is 0.145 e. The highest BCUT2D eigenvalue weighted by Gasteiger charge is 2.08. The van der Waals surface area contributed by atoms with Crippen molar-refractivity contribution >= 4 is 27.5 Å². The van der Waals surface area contributed by atoms with Crippen molar-refractivity contribution in [3.63, 3.8) is 0 Å². The summed E-state index contributed by atoms with van der Waals surface area (Å²) in [5.74, 6) is 0. The van der Waals surface area contributed by atoms with Gasteiger partial charge in [0.15, 0.2) is 0 Å². The third-order valence-electron chi connectivity index (χ3n) is 4.40. The minimum atomic E-state index is 1.02. The molecule has 0 N–H and O–H groups in total. The highest BCUT2D eigenvalue weighted by Crippen LogP contribution is 2.27. The second kappa shape index (κ2) is 4.68. The van der Waals surface area contributed by atoms with Crippen LogP contribution in [0.3, 0.4) is 0 Å². The maximum Gasteiger partial charge on any atom is 0.145 e. The molecule has 0 amide bonds. The lowest BCUT2D eigenvalue weighted by Crippen LogP contribution is -1.86. The number of pyridine rings is 1. The summed E-state index contributed by atoms with van der Waals surface area (Å²) in [5, 5.41) is 2.41. The van der Waals surface area contributed by atoms with Crippen LogP contribution in [0.25, 0.3) is 38.6 Å². The molecule has 0 spiro atoms. The van der Waals surface area contributed by atoms with E-state index in [0.29, 0.717) is 0 Å². The SMILES string of the molecule is c1ccc(-c2ccc3nc4c5ccccc5ccn4c3c2)cc1. The Hall–Kier alpha value is -3.13. The molecule has 0 fully saturated rings. The van der Waals surface area contributed by atoms with Crippen molar-refractivity contribution in [2.24, 2.45) is 0 Å². The monoisotopic (exact) mass is 294 g/mol. The Balaban J connectivity index is 1.86. The molecule has 0 radical (unpaired) electrons. The van der Waals surface area contributed by atoms with Crippen LogP contribution in [0.4, 0.5) is 0 Å². The third-order valence-corrected chi connectivity index (χ3v) is 4.40. The fourth-order valence-electron chi connectivity index (χ4n) is 3.24. The van der Waals surface area contributed by atoms with Crippen molar-refractivity contribution in [2.45, 2.75) is 0 Å². The maximum atomic E-state index is 4.84. The van der Waals surface area contributed by atoms with Gasteiger partial charge in [-0.05, 0) is 34.7 Å². The number of hydrogen-bond acceptors (Lipinski definition) is 1. The fourth-order valence-corrected chi connectivity index (χ4v) is 3.24. The van der Waals surface area contributed by atoms with Gasteiger partial charge in [-0.25, -0.2) is 4.98 Å². The standard InChI is InChI=1S/C21H14N2/c1-2-6-15(7-3-1)17-10-11-19-20(14-17)23-13-12-16-8-4-5-9-18(16)21(23)22-19/h1-14H. The van der Waals surface area contributed by atoms with Gasteiger partial charge in [-0.1, -0.05) is 60.7 Å². The fraction of sp³-hybridized carbons (Fsp3) is 0. The number of aromatic nitrogens is 2. The summed E-state index contributed by atoms with van der Waals surface area (Å²) in [7, 11) is 0. The number of benzene rings is 3. The largest absolute Gasteiger partial charge is 0.299 e. The molecule has 23 heavy (non-hydrogen) atoms. The average Bonchev–Trinajstić information content (AvgIpc) is 3.01. The predicted molar refractivity (Wildman–Crippen MR) is 95.6 cm³/mol. The van der Waals surface area contributed by atoms with Crippen LogP contribution in [0.5, 0.6) is 0 Å². The van der Waals surface area contributed by atoms with Crippen molar-refractivity contribution in [3.8, 4) is 11.1 Å². The predicted octanol–water partition coefficient (Wildman–Crippen LogP) is 5.31. The zero-order valence-electron chi connectivity index (χ0n) is 12.5. The number of rotatable bonds is 1. The lowest BCUT2D eigenvalue weighted by atomic mass is 10.1. The van der Waals surface area contributed by atoms with E-state index in [2.05, 4.69) is 83.4 Å². The Morgan fingerprint density at radius 1 is 0.696 bits per heavy atom. The van der Waals surface area contributed by atoms with Crippen molar-refractivity contribution < 1.29 is 0 Å². The number of nitrogens with zero attached hydrogens (tertiary/aromatic N) is 2. The van der Waals surface area contributed by atoms with Gasteiger partial charge >= 0.3 is 0 Å². The van der Waals surface area contributed by atoms with E-state index >= 15 is 0 Å². The Kier molecular flexibility index (Phi) is 2.53. The quantitative estimate of drug-likeness (QED) is 0.409. The molecule has 5 aromatic rings. The van der Waals surface area contributed by atoms with E-state index in [1.54, 1.807) is 0 Å². The van der Waals surface area contributed by atoms with Gasteiger partial charge in [0.1, 0.15) is 5.65 Å². The molecule has 0 aliphatic rings. The highest BCUT2D eigenvalue weighted by molar-refractivity contribution is 5.98. The lowest BCUT2D eigenvalue weighted by molar-refractivity contribution is 1.25. The normalized spacial score (nSPS) is 11.5. The molecule has 0 saturated carbocycles. The van der Waals surface area contributed by atoms with Gasteiger partial charge in [0.2, 0.25) is 0 Å². The van der Waals surface area contributed by atoms with E-state index in [-0.39, 0.29) is 0 Å². The minimum Gasteiger partial charge on any atom is -0.299 e. The summed E-state index contributed by atoms with van der Waals surface area (Å²) in [4.78, 5) is 4.84. The molecule has 3 aromatic carbocycles. The second-order valence-corrected chi connectivity index (χ2v) is 5.78. The van der Waals surface area contributed by atoms with E-state index in [1.165, 1.54) is 21.9 Å². The molecule has 2 heterocycles. The topological polar surface area (TPSA) is 17.3 Å². The molecule has 0 aliphatic carbocycles. The van der Waals surface area contributed by atoms with Crippen molar-refractivity contribution in [2.75, 3.05) is 0 Å². The van der Waals surface area contributed by atoms with Gasteiger partial charge in [-0.15, -0.1) is 0 Å². The first-order valence-electron chi connectivity index (χ1n) is 7.75. The summed E-state index contributed by atoms with van der Waals surface area (Å²) in [5.41, 5.74) is 5.63. The molecule has 2 heteroatoms. The molecule has 0 atom stereocenters. The van der Waals surface area contributed by atoms with Gasteiger partial charge in [-0.2, -0.15) is 0 Å². The number of fused-ring (bicyclic) bond motifs is 5. The first-order chi connectivity index (χ1) is 11.4. The van der Waals surface area contributed by atoms with Crippen LogP contribution in [0.2, 0.25) is 0 Å². The Morgan fingerprint density at radius 3 is 2.43 bits per heavy atom. The Morgan fingerprint density at radius 2 is 1.52 bits per heavy atom. The first kappa shape index (κ1) is 12.4. The zero-order valence-corrected chi connectivity index (χ0v) is 12.5. The van der Waals surface area contributed by atoms with Crippen LogP contribution < -0.4 is 0 Å². The summed E-state index contributed by atoms with van der Waals surface area (Å²) < 4.78 is 2.18. The van der Waals surface area contributed by atoms with E-state index in [9.17, 15) is 0 Å². The molecular formula is C21H14N2. The van der Waals surface area contributed by atoms with Gasteiger partial charge in [-0.3, -0.25) is 4.40 Å². The summed E-state index contributed by atoms with van der Waals surface area (Å²) >= 11 is 0. The molecule has 5 rings (SSSR count). The summed E-state index contributed by atoms with van der Waals surface area (Å²) in [6.07, 6.45) is 2.11. The van der Waals surface area contributed by atoms with E-state index in [0.717, 1.165) is 16.7 Å². The molecule has 0 aliphatic heterocycles. The number of hydrogen-bond donors (Lipinski definition) is 0. The van der Waals surface area contributed by atoms with Gasteiger partial charge in [0.25, 0.3) is 0 Å². The van der Waals surface area contributed by atoms with Crippen LogP contribution in [0, 0.1) is 0 Å². The molecule has 0 saturated heterocycles. The van der Waals surface area contributed by atoms with Crippen molar-refractivity contribution in [1.82, 2.24) is 9.38 Å². The highest BCUT2D eigenvalue weighted by atomic mass is 15.0. The zero-order chi connectivity index (χ0) is 15.2. The first-order valence-corrected chi connectivity index (χ1v) is 7.75. The molecule has 108 valence electrons. The minimum absolute atomic E-state index is 1.02. The summed E-state index contributed by atoms with van der Waals surface area (Å²) in [6, 6.07) is 27.5. The van der Waals surface area contributed by atoms with Crippen LogP contribution >= 0.6 is 0 Å². The van der Waals surface area contributed by atoms with Crippen LogP contribution in [0.1, 0.15) is 0 Å². The number of imidazole rings is 1. The van der Waals surface area contributed by atoms with Crippen molar-refractivity contribution in [3.05, 3.63) is 85.1 Å². The Bertz CT molecular complexity index is 1150. The third kappa shape index (κ3) is 1.85.